The number of nitrogens with zero attached hydrogens (tertiary/aromatic N) is 1. The fraction of sp³-hybridized carbons (Fsp3) is 0.286. The van der Waals surface area contributed by atoms with Crippen LogP contribution in [-0.2, 0) is 11.3 Å². The molecule has 3 aromatic rings. The van der Waals surface area contributed by atoms with Gasteiger partial charge in [0, 0.05) is 42.0 Å². The highest BCUT2D eigenvalue weighted by Gasteiger charge is 2.16. The minimum Gasteiger partial charge on any atom is -0.493 e. The molecule has 0 aliphatic rings. The van der Waals surface area contributed by atoms with Gasteiger partial charge in [-0.15, -0.1) is 0 Å². The van der Waals surface area contributed by atoms with Crippen molar-refractivity contribution >= 4 is 34.1 Å². The third-order valence-electron chi connectivity index (χ3n) is 4.35. The summed E-state index contributed by atoms with van der Waals surface area (Å²) in [5.74, 6) is 0.577. The van der Waals surface area contributed by atoms with Gasteiger partial charge in [-0.25, -0.2) is 0 Å². The summed E-state index contributed by atoms with van der Waals surface area (Å²) in [6, 6.07) is 11.0. The summed E-state index contributed by atoms with van der Waals surface area (Å²) in [6.45, 7) is 3.72. The molecule has 2 aromatic carbocycles. The molecule has 0 bridgehead atoms. The molecular formula is C21H23ClN2O4. The number of hydrogen-bond acceptors (Lipinski definition) is 4. The Balaban J connectivity index is 1.81. The Labute approximate surface area is 168 Å². The van der Waals surface area contributed by atoms with E-state index in [9.17, 15) is 4.79 Å². The summed E-state index contributed by atoms with van der Waals surface area (Å²) in [6.07, 6.45) is 2.01. The molecule has 0 spiro atoms. The summed E-state index contributed by atoms with van der Waals surface area (Å²) < 4.78 is 18.0. The zero-order valence-corrected chi connectivity index (χ0v) is 16.9. The van der Waals surface area contributed by atoms with Gasteiger partial charge in [0.25, 0.3) is 5.91 Å². The van der Waals surface area contributed by atoms with Crippen molar-refractivity contribution in [2.75, 3.05) is 32.8 Å². The molecule has 7 heteroatoms. The summed E-state index contributed by atoms with van der Waals surface area (Å²) in [7, 11) is 3.19. The maximum atomic E-state index is 12.7. The SMILES string of the molecule is CCOc1c(Cl)cc(C(=O)Nc2ccc3c(ccn3CCOC)c2)cc1OC. The van der Waals surface area contributed by atoms with Gasteiger partial charge in [-0.05, 0) is 43.3 Å². The highest BCUT2D eigenvalue weighted by Crippen LogP contribution is 2.36. The normalized spacial score (nSPS) is 10.9. The lowest BCUT2D eigenvalue weighted by Crippen LogP contribution is -2.12. The van der Waals surface area contributed by atoms with E-state index in [2.05, 4.69) is 9.88 Å². The van der Waals surface area contributed by atoms with Crippen molar-refractivity contribution in [1.82, 2.24) is 4.57 Å². The van der Waals surface area contributed by atoms with Crippen LogP contribution >= 0.6 is 11.6 Å². The van der Waals surface area contributed by atoms with E-state index >= 15 is 0 Å². The molecule has 0 saturated carbocycles. The first kappa shape index (κ1) is 20.0. The first-order chi connectivity index (χ1) is 13.6. The van der Waals surface area contributed by atoms with E-state index in [1.54, 1.807) is 19.2 Å². The van der Waals surface area contributed by atoms with Crippen LogP contribution < -0.4 is 14.8 Å². The lowest BCUT2D eigenvalue weighted by atomic mass is 10.1. The van der Waals surface area contributed by atoms with Crippen LogP contribution in [0.1, 0.15) is 17.3 Å². The molecule has 1 heterocycles. The average Bonchev–Trinajstić information content (AvgIpc) is 3.09. The van der Waals surface area contributed by atoms with Gasteiger partial charge in [-0.1, -0.05) is 11.6 Å². The quantitative estimate of drug-likeness (QED) is 0.598. The number of ether oxygens (including phenoxy) is 3. The maximum Gasteiger partial charge on any atom is 0.255 e. The largest absolute Gasteiger partial charge is 0.493 e. The summed E-state index contributed by atoms with van der Waals surface area (Å²) in [4.78, 5) is 12.7. The number of amides is 1. The summed E-state index contributed by atoms with van der Waals surface area (Å²) >= 11 is 6.26. The molecule has 1 amide bonds. The first-order valence-electron chi connectivity index (χ1n) is 8.97. The first-order valence-corrected chi connectivity index (χ1v) is 9.34. The zero-order chi connectivity index (χ0) is 20.1. The highest BCUT2D eigenvalue weighted by atomic mass is 35.5. The molecule has 0 fully saturated rings. The predicted molar refractivity (Wildman–Crippen MR) is 111 cm³/mol. The Morgan fingerprint density at radius 3 is 2.71 bits per heavy atom. The summed E-state index contributed by atoms with van der Waals surface area (Å²) in [5, 5.41) is 4.27. The van der Waals surface area contributed by atoms with E-state index in [1.807, 2.05) is 37.4 Å². The van der Waals surface area contributed by atoms with Crippen molar-refractivity contribution in [3.8, 4) is 11.5 Å². The van der Waals surface area contributed by atoms with Gasteiger partial charge in [0.05, 0.1) is 25.3 Å². The van der Waals surface area contributed by atoms with Gasteiger partial charge in [0.2, 0.25) is 0 Å². The third-order valence-corrected chi connectivity index (χ3v) is 4.63. The van der Waals surface area contributed by atoms with Crippen LogP contribution in [-0.4, -0.2) is 37.9 Å². The Morgan fingerprint density at radius 2 is 2.00 bits per heavy atom. The van der Waals surface area contributed by atoms with Gasteiger partial charge in [0.1, 0.15) is 0 Å². The molecule has 0 unspecified atom stereocenters. The molecule has 1 aromatic heterocycles. The lowest BCUT2D eigenvalue weighted by Gasteiger charge is -2.13. The molecule has 148 valence electrons. The van der Waals surface area contributed by atoms with Gasteiger partial charge in [-0.2, -0.15) is 0 Å². The molecule has 3 rings (SSSR count). The number of halogens is 1. The number of carbonyl (C=O) groups is 1. The molecule has 0 radical (unpaired) electrons. The Morgan fingerprint density at radius 1 is 1.18 bits per heavy atom. The smallest absolute Gasteiger partial charge is 0.255 e. The Hall–Kier alpha value is -2.70. The van der Waals surface area contributed by atoms with Gasteiger partial charge < -0.3 is 24.1 Å². The number of nitrogens with one attached hydrogen (secondary N) is 1. The molecule has 0 aliphatic heterocycles. The monoisotopic (exact) mass is 402 g/mol. The number of aromatic nitrogens is 1. The molecule has 0 aliphatic carbocycles. The molecule has 6 nitrogen and oxygen atoms in total. The van der Waals surface area contributed by atoms with Crippen LogP contribution in [0, 0.1) is 0 Å². The van der Waals surface area contributed by atoms with Crippen molar-refractivity contribution in [1.29, 1.82) is 0 Å². The van der Waals surface area contributed by atoms with Crippen LogP contribution in [0.5, 0.6) is 11.5 Å². The standard InChI is InChI=1S/C21H23ClN2O4/c1-4-28-20-17(22)12-15(13-19(20)27-3)21(25)23-16-5-6-18-14(11-16)7-8-24(18)9-10-26-2/h5-8,11-13H,4,9-10H2,1-3H3,(H,23,25). The molecule has 28 heavy (non-hydrogen) atoms. The van der Waals surface area contributed by atoms with E-state index in [1.165, 1.54) is 7.11 Å². The third kappa shape index (κ3) is 4.24. The maximum absolute atomic E-state index is 12.7. The number of methoxy groups -OCH3 is 2. The van der Waals surface area contributed by atoms with Crippen LogP contribution in [0.4, 0.5) is 5.69 Å². The topological polar surface area (TPSA) is 61.7 Å². The number of carbonyl (C=O) groups excluding carboxylic acids is 1. The van der Waals surface area contributed by atoms with Crippen molar-refractivity contribution in [2.45, 2.75) is 13.5 Å². The highest BCUT2D eigenvalue weighted by molar-refractivity contribution is 6.32. The van der Waals surface area contributed by atoms with E-state index in [0.717, 1.165) is 17.4 Å². The van der Waals surface area contributed by atoms with E-state index < -0.39 is 0 Å². The van der Waals surface area contributed by atoms with Crippen molar-refractivity contribution in [3.05, 3.63) is 53.2 Å². The van der Waals surface area contributed by atoms with Crippen molar-refractivity contribution in [2.24, 2.45) is 0 Å². The predicted octanol–water partition coefficient (Wildman–Crippen LogP) is 4.60. The lowest BCUT2D eigenvalue weighted by molar-refractivity contribution is 0.102. The number of fused-ring (bicyclic) bond motifs is 1. The average molecular weight is 403 g/mol. The van der Waals surface area contributed by atoms with Crippen molar-refractivity contribution < 1.29 is 19.0 Å². The zero-order valence-electron chi connectivity index (χ0n) is 16.1. The van der Waals surface area contributed by atoms with E-state index in [-0.39, 0.29) is 5.91 Å². The number of hydrogen-bond donors (Lipinski definition) is 1. The molecule has 0 saturated heterocycles. The Kier molecular flexibility index (Phi) is 6.44. The fourth-order valence-corrected chi connectivity index (χ4v) is 3.27. The minimum atomic E-state index is -0.276. The fourth-order valence-electron chi connectivity index (χ4n) is 3.00. The number of benzene rings is 2. The summed E-state index contributed by atoms with van der Waals surface area (Å²) in [5.41, 5.74) is 2.18. The van der Waals surface area contributed by atoms with Crippen LogP contribution in [0.3, 0.4) is 0 Å². The second-order valence-electron chi connectivity index (χ2n) is 6.15. The van der Waals surface area contributed by atoms with E-state index in [0.29, 0.717) is 41.0 Å². The van der Waals surface area contributed by atoms with Gasteiger partial charge >= 0.3 is 0 Å². The van der Waals surface area contributed by atoms with E-state index in [4.69, 9.17) is 25.8 Å². The van der Waals surface area contributed by atoms with Crippen LogP contribution in [0.25, 0.3) is 10.9 Å². The number of anilines is 1. The van der Waals surface area contributed by atoms with Gasteiger partial charge in [-0.3, -0.25) is 4.79 Å². The number of rotatable bonds is 8. The molecule has 0 atom stereocenters. The van der Waals surface area contributed by atoms with Crippen molar-refractivity contribution in [3.63, 3.8) is 0 Å². The molecular weight excluding hydrogens is 380 g/mol. The second kappa shape index (κ2) is 8.99. The van der Waals surface area contributed by atoms with Crippen LogP contribution in [0.2, 0.25) is 5.02 Å². The minimum absolute atomic E-state index is 0.276. The molecule has 1 N–H and O–H groups in total. The Bertz CT molecular complexity index is 984. The second-order valence-corrected chi connectivity index (χ2v) is 6.56. The van der Waals surface area contributed by atoms with Crippen LogP contribution in [0.15, 0.2) is 42.6 Å². The van der Waals surface area contributed by atoms with Gasteiger partial charge in [0.15, 0.2) is 11.5 Å².